The summed E-state index contributed by atoms with van der Waals surface area (Å²) < 4.78 is 8.29. The van der Waals surface area contributed by atoms with Gasteiger partial charge in [0.25, 0.3) is 0 Å². The molecular formula is C22H22N4O. The van der Waals surface area contributed by atoms with Gasteiger partial charge in [-0.25, -0.2) is 9.97 Å². The van der Waals surface area contributed by atoms with Crippen LogP contribution in [0.1, 0.15) is 20.8 Å². The monoisotopic (exact) mass is 358 g/mol. The van der Waals surface area contributed by atoms with E-state index >= 15 is 0 Å². The second-order valence-electron chi connectivity index (χ2n) is 7.45. The smallest absolute Gasteiger partial charge is 0.146 e. The Morgan fingerprint density at radius 2 is 1.59 bits per heavy atom. The molecule has 2 N–H and O–H groups in total. The molecule has 0 atom stereocenters. The molecule has 0 bridgehead atoms. The van der Waals surface area contributed by atoms with E-state index in [9.17, 15) is 0 Å². The van der Waals surface area contributed by atoms with Crippen molar-refractivity contribution in [2.24, 2.45) is 0 Å². The van der Waals surface area contributed by atoms with Crippen molar-refractivity contribution in [2.75, 3.05) is 5.73 Å². The van der Waals surface area contributed by atoms with Crippen molar-refractivity contribution in [3.05, 3.63) is 67.1 Å². The lowest BCUT2D eigenvalue weighted by Crippen LogP contribution is -2.21. The number of rotatable bonds is 3. The molecule has 0 amide bonds. The van der Waals surface area contributed by atoms with Crippen LogP contribution in [0.15, 0.2) is 67.1 Å². The van der Waals surface area contributed by atoms with Gasteiger partial charge >= 0.3 is 0 Å². The van der Waals surface area contributed by atoms with Crippen LogP contribution in [0.4, 0.5) is 5.82 Å². The van der Waals surface area contributed by atoms with Crippen molar-refractivity contribution >= 4 is 16.9 Å². The van der Waals surface area contributed by atoms with E-state index in [1.165, 1.54) is 6.33 Å². The molecule has 5 heteroatoms. The van der Waals surface area contributed by atoms with Gasteiger partial charge in [0.2, 0.25) is 0 Å². The number of aromatic nitrogens is 3. The van der Waals surface area contributed by atoms with Crippen LogP contribution in [-0.4, -0.2) is 14.5 Å². The Morgan fingerprint density at radius 3 is 2.33 bits per heavy atom. The van der Waals surface area contributed by atoms with Crippen LogP contribution in [0.5, 0.6) is 11.5 Å². The van der Waals surface area contributed by atoms with Gasteiger partial charge in [0, 0.05) is 22.9 Å². The first-order valence-electron chi connectivity index (χ1n) is 8.89. The summed E-state index contributed by atoms with van der Waals surface area (Å²) in [6, 6.07) is 17.7. The number of anilines is 1. The van der Waals surface area contributed by atoms with Crippen molar-refractivity contribution in [3.8, 4) is 22.6 Å². The van der Waals surface area contributed by atoms with Crippen LogP contribution in [-0.2, 0) is 5.54 Å². The van der Waals surface area contributed by atoms with Gasteiger partial charge in [-0.2, -0.15) is 0 Å². The van der Waals surface area contributed by atoms with Gasteiger partial charge in [-0.05, 0) is 39.0 Å². The third-order valence-electron chi connectivity index (χ3n) is 4.48. The number of hydrogen-bond donors (Lipinski definition) is 1. The molecule has 136 valence electrons. The number of nitrogen functional groups attached to an aromatic ring is 1. The Labute approximate surface area is 158 Å². The Bertz CT molecular complexity index is 1090. The van der Waals surface area contributed by atoms with Gasteiger partial charge in [0.1, 0.15) is 29.3 Å². The molecule has 4 rings (SSSR count). The molecule has 0 radical (unpaired) electrons. The molecule has 5 nitrogen and oxygen atoms in total. The van der Waals surface area contributed by atoms with E-state index in [0.29, 0.717) is 5.82 Å². The lowest BCUT2D eigenvalue weighted by Gasteiger charge is -2.21. The molecule has 2 aromatic carbocycles. The van der Waals surface area contributed by atoms with E-state index in [-0.39, 0.29) is 5.54 Å². The molecule has 0 fully saturated rings. The average Bonchev–Trinajstić information content (AvgIpc) is 3.04. The summed E-state index contributed by atoms with van der Waals surface area (Å²) in [6.07, 6.45) is 3.60. The topological polar surface area (TPSA) is 66.0 Å². The summed E-state index contributed by atoms with van der Waals surface area (Å²) in [4.78, 5) is 8.71. The van der Waals surface area contributed by atoms with Crippen LogP contribution in [0.3, 0.4) is 0 Å². The van der Waals surface area contributed by atoms with Crippen molar-refractivity contribution in [2.45, 2.75) is 26.3 Å². The molecule has 0 saturated carbocycles. The second kappa shape index (κ2) is 6.43. The van der Waals surface area contributed by atoms with Crippen molar-refractivity contribution in [1.82, 2.24) is 14.5 Å². The predicted molar refractivity (Wildman–Crippen MR) is 109 cm³/mol. The highest BCUT2D eigenvalue weighted by Crippen LogP contribution is 2.40. The van der Waals surface area contributed by atoms with E-state index in [0.717, 1.165) is 33.7 Å². The van der Waals surface area contributed by atoms with E-state index in [1.54, 1.807) is 0 Å². The van der Waals surface area contributed by atoms with Crippen LogP contribution >= 0.6 is 0 Å². The minimum absolute atomic E-state index is 0.146. The molecule has 0 aliphatic carbocycles. The zero-order valence-electron chi connectivity index (χ0n) is 15.7. The third-order valence-corrected chi connectivity index (χ3v) is 4.48. The first kappa shape index (κ1) is 17.1. The maximum Gasteiger partial charge on any atom is 0.146 e. The van der Waals surface area contributed by atoms with Gasteiger partial charge in [-0.15, -0.1) is 0 Å². The number of ether oxygens (including phenoxy) is 1. The SMILES string of the molecule is CC(C)(C)n1cc(-c2ccccc2Oc2ccccc2)c2c(N)ncnc21. The molecule has 2 aromatic heterocycles. The average molecular weight is 358 g/mol. The minimum atomic E-state index is -0.146. The molecule has 2 heterocycles. The number of para-hydroxylation sites is 2. The number of hydrogen-bond acceptors (Lipinski definition) is 4. The van der Waals surface area contributed by atoms with Crippen LogP contribution < -0.4 is 10.5 Å². The van der Waals surface area contributed by atoms with Crippen molar-refractivity contribution < 1.29 is 4.74 Å². The summed E-state index contributed by atoms with van der Waals surface area (Å²) in [6.45, 7) is 6.42. The van der Waals surface area contributed by atoms with Crippen molar-refractivity contribution in [3.63, 3.8) is 0 Å². The fourth-order valence-electron chi connectivity index (χ4n) is 3.19. The Hall–Kier alpha value is -3.34. The van der Waals surface area contributed by atoms with Crippen LogP contribution in [0.25, 0.3) is 22.2 Å². The summed E-state index contributed by atoms with van der Waals surface area (Å²) in [5.74, 6) is 2.01. The zero-order valence-corrected chi connectivity index (χ0v) is 15.7. The van der Waals surface area contributed by atoms with E-state index in [4.69, 9.17) is 10.5 Å². The lowest BCUT2D eigenvalue weighted by molar-refractivity contribution is 0.408. The molecule has 0 spiro atoms. The largest absolute Gasteiger partial charge is 0.457 e. The highest BCUT2D eigenvalue weighted by Gasteiger charge is 2.23. The van der Waals surface area contributed by atoms with Gasteiger partial charge in [0.15, 0.2) is 0 Å². The lowest BCUT2D eigenvalue weighted by atomic mass is 10.0. The molecule has 0 saturated heterocycles. The minimum Gasteiger partial charge on any atom is -0.457 e. The predicted octanol–water partition coefficient (Wildman–Crippen LogP) is 5.23. The zero-order chi connectivity index (χ0) is 19.0. The summed E-state index contributed by atoms with van der Waals surface area (Å²) in [7, 11) is 0. The van der Waals surface area contributed by atoms with Crippen molar-refractivity contribution in [1.29, 1.82) is 0 Å². The van der Waals surface area contributed by atoms with Gasteiger partial charge in [0.05, 0.1) is 5.39 Å². The van der Waals surface area contributed by atoms with E-state index < -0.39 is 0 Å². The summed E-state index contributed by atoms with van der Waals surface area (Å²) in [5, 5.41) is 0.844. The number of fused-ring (bicyclic) bond motifs is 1. The summed E-state index contributed by atoms with van der Waals surface area (Å²) in [5.41, 5.74) is 8.84. The first-order chi connectivity index (χ1) is 12.9. The fourth-order valence-corrected chi connectivity index (χ4v) is 3.19. The number of nitrogens with two attached hydrogens (primary N) is 1. The van der Waals surface area contributed by atoms with Gasteiger partial charge in [-0.1, -0.05) is 36.4 Å². The molecule has 0 aliphatic rings. The van der Waals surface area contributed by atoms with Crippen LogP contribution in [0, 0.1) is 0 Å². The van der Waals surface area contributed by atoms with Gasteiger partial charge in [-0.3, -0.25) is 0 Å². The third kappa shape index (κ3) is 3.12. The van der Waals surface area contributed by atoms with Gasteiger partial charge < -0.3 is 15.0 Å². The first-order valence-corrected chi connectivity index (χ1v) is 8.89. The number of nitrogens with zero attached hydrogens (tertiary/aromatic N) is 3. The standard InChI is InChI=1S/C22H22N4O/c1-22(2,3)26-13-17(19-20(23)24-14-25-21(19)26)16-11-7-8-12-18(16)27-15-9-5-4-6-10-15/h4-14H,1-3H3,(H2,23,24,25). The Kier molecular flexibility index (Phi) is 4.07. The Balaban J connectivity index is 1.94. The molecular weight excluding hydrogens is 336 g/mol. The quantitative estimate of drug-likeness (QED) is 0.545. The highest BCUT2D eigenvalue weighted by molar-refractivity contribution is 6.01. The number of benzene rings is 2. The van der Waals surface area contributed by atoms with Crippen LogP contribution in [0.2, 0.25) is 0 Å². The molecule has 4 aromatic rings. The molecule has 0 aliphatic heterocycles. The maximum atomic E-state index is 6.25. The van der Waals surface area contributed by atoms with E-state index in [1.807, 2.05) is 54.6 Å². The molecule has 0 unspecified atom stereocenters. The summed E-state index contributed by atoms with van der Waals surface area (Å²) >= 11 is 0. The Morgan fingerprint density at radius 1 is 0.889 bits per heavy atom. The second-order valence-corrected chi connectivity index (χ2v) is 7.45. The highest BCUT2D eigenvalue weighted by atomic mass is 16.5. The normalized spacial score (nSPS) is 11.7. The van der Waals surface area contributed by atoms with E-state index in [2.05, 4.69) is 41.5 Å². The molecule has 27 heavy (non-hydrogen) atoms. The fraction of sp³-hybridized carbons (Fsp3) is 0.182. The maximum absolute atomic E-state index is 6.25.